The summed E-state index contributed by atoms with van der Waals surface area (Å²) in [5.41, 5.74) is 3.07. The van der Waals surface area contributed by atoms with Crippen molar-refractivity contribution in [2.45, 2.75) is 20.4 Å². The average Bonchev–Trinajstić information content (AvgIpc) is 2.36. The van der Waals surface area contributed by atoms with Gasteiger partial charge in [0, 0.05) is 22.8 Å². The van der Waals surface area contributed by atoms with Gasteiger partial charge in [0.15, 0.2) is 0 Å². The number of benzene rings is 2. The smallest absolute Gasteiger partial charge is 0.128 e. The Kier molecular flexibility index (Phi) is 3.96. The third-order valence-electron chi connectivity index (χ3n) is 3.02. The van der Waals surface area contributed by atoms with Gasteiger partial charge in [0.2, 0.25) is 0 Å². The van der Waals surface area contributed by atoms with Crippen molar-refractivity contribution in [3.8, 4) is 5.75 Å². The summed E-state index contributed by atoms with van der Waals surface area (Å²) in [6.45, 7) is 4.05. The van der Waals surface area contributed by atoms with Crippen LogP contribution in [0.15, 0.2) is 30.3 Å². The lowest BCUT2D eigenvalue weighted by Gasteiger charge is -2.12. The predicted octanol–water partition coefficient (Wildman–Crippen LogP) is 4.41. The number of hydrogen-bond acceptors (Lipinski definition) is 2. The maximum Gasteiger partial charge on any atom is 0.128 e. The van der Waals surface area contributed by atoms with Crippen LogP contribution in [-0.2, 0) is 6.54 Å². The third kappa shape index (κ3) is 3.18. The Hall–Kier alpha value is -1.74. The molecule has 19 heavy (non-hydrogen) atoms. The molecule has 0 atom stereocenters. The number of halogens is 2. The molecule has 2 aromatic rings. The van der Waals surface area contributed by atoms with E-state index >= 15 is 0 Å². The minimum absolute atomic E-state index is 0.261. The van der Waals surface area contributed by atoms with Gasteiger partial charge < -0.3 is 10.4 Å². The van der Waals surface area contributed by atoms with E-state index in [9.17, 15) is 9.50 Å². The Morgan fingerprint density at radius 3 is 2.63 bits per heavy atom. The lowest BCUT2D eigenvalue weighted by Crippen LogP contribution is -2.03. The molecule has 2 rings (SSSR count). The molecule has 100 valence electrons. The number of aromatic hydroxyl groups is 1. The quantitative estimate of drug-likeness (QED) is 0.816. The summed E-state index contributed by atoms with van der Waals surface area (Å²) >= 11 is 5.85. The maximum atomic E-state index is 13.6. The standard InChI is InChI=1S/C15H15ClFNO/c1-9-6-15(19)10(2)5-14(9)18-8-11-7-12(16)3-4-13(11)17/h3-7,18-19H,8H2,1-2H3. The van der Waals surface area contributed by atoms with Crippen LogP contribution in [-0.4, -0.2) is 5.11 Å². The molecule has 0 saturated heterocycles. The molecule has 0 fully saturated rings. The van der Waals surface area contributed by atoms with Gasteiger partial charge in [0.25, 0.3) is 0 Å². The Morgan fingerprint density at radius 1 is 1.16 bits per heavy atom. The van der Waals surface area contributed by atoms with Crippen LogP contribution in [0.2, 0.25) is 5.02 Å². The minimum Gasteiger partial charge on any atom is -0.508 e. The largest absolute Gasteiger partial charge is 0.508 e. The highest BCUT2D eigenvalue weighted by Gasteiger charge is 2.06. The van der Waals surface area contributed by atoms with E-state index in [-0.39, 0.29) is 11.6 Å². The zero-order chi connectivity index (χ0) is 14.0. The van der Waals surface area contributed by atoms with Crippen LogP contribution in [0, 0.1) is 19.7 Å². The van der Waals surface area contributed by atoms with E-state index in [0.717, 1.165) is 16.8 Å². The molecule has 0 aliphatic rings. The van der Waals surface area contributed by atoms with Crippen LogP contribution in [0.5, 0.6) is 5.75 Å². The number of phenols is 1. The fourth-order valence-corrected chi connectivity index (χ4v) is 2.06. The molecule has 0 bridgehead atoms. The van der Waals surface area contributed by atoms with Gasteiger partial charge in [-0.15, -0.1) is 0 Å². The SMILES string of the molecule is Cc1cc(NCc2cc(Cl)ccc2F)c(C)cc1O. The van der Waals surface area contributed by atoms with Gasteiger partial charge in [0.1, 0.15) is 11.6 Å². The van der Waals surface area contributed by atoms with E-state index in [1.165, 1.54) is 12.1 Å². The second kappa shape index (κ2) is 5.49. The molecular formula is C15H15ClFNO. The number of nitrogens with one attached hydrogen (secondary N) is 1. The van der Waals surface area contributed by atoms with Crippen LogP contribution >= 0.6 is 11.6 Å². The Balaban J connectivity index is 2.19. The molecule has 2 N–H and O–H groups in total. The van der Waals surface area contributed by atoms with Crippen molar-refractivity contribution in [1.29, 1.82) is 0 Å². The van der Waals surface area contributed by atoms with E-state index in [1.807, 2.05) is 19.9 Å². The van der Waals surface area contributed by atoms with Crippen LogP contribution in [0.3, 0.4) is 0 Å². The van der Waals surface area contributed by atoms with E-state index in [4.69, 9.17) is 11.6 Å². The van der Waals surface area contributed by atoms with E-state index < -0.39 is 0 Å². The van der Waals surface area contributed by atoms with Gasteiger partial charge in [-0.3, -0.25) is 0 Å². The zero-order valence-corrected chi connectivity index (χ0v) is 11.6. The van der Waals surface area contributed by atoms with Crippen molar-refractivity contribution >= 4 is 17.3 Å². The first kappa shape index (κ1) is 13.7. The fourth-order valence-electron chi connectivity index (χ4n) is 1.86. The number of phenolic OH excluding ortho intramolecular Hbond substituents is 1. The predicted molar refractivity (Wildman–Crippen MR) is 76.3 cm³/mol. The monoisotopic (exact) mass is 279 g/mol. The molecule has 0 heterocycles. The van der Waals surface area contributed by atoms with Crippen LogP contribution in [0.25, 0.3) is 0 Å². The summed E-state index contributed by atoms with van der Waals surface area (Å²) in [5, 5.41) is 13.3. The van der Waals surface area contributed by atoms with Crippen LogP contribution in [0.1, 0.15) is 16.7 Å². The third-order valence-corrected chi connectivity index (χ3v) is 3.26. The second-order valence-corrected chi connectivity index (χ2v) is 4.98. The molecule has 0 spiro atoms. The molecule has 0 aliphatic heterocycles. The minimum atomic E-state index is -0.287. The van der Waals surface area contributed by atoms with Gasteiger partial charge in [-0.05, 0) is 55.3 Å². The van der Waals surface area contributed by atoms with Gasteiger partial charge in [-0.2, -0.15) is 0 Å². The van der Waals surface area contributed by atoms with E-state index in [1.54, 1.807) is 12.1 Å². The molecule has 2 aromatic carbocycles. The molecule has 0 saturated carbocycles. The molecule has 0 aromatic heterocycles. The summed E-state index contributed by atoms with van der Waals surface area (Å²) in [6, 6.07) is 8.01. The first-order chi connectivity index (χ1) is 8.97. The first-order valence-corrected chi connectivity index (χ1v) is 6.33. The molecule has 0 aliphatic carbocycles. The molecule has 0 amide bonds. The summed E-state index contributed by atoms with van der Waals surface area (Å²) in [4.78, 5) is 0. The van der Waals surface area contributed by atoms with Crippen molar-refractivity contribution in [2.75, 3.05) is 5.32 Å². The van der Waals surface area contributed by atoms with E-state index in [2.05, 4.69) is 5.32 Å². The summed E-state index contributed by atoms with van der Waals surface area (Å²) in [7, 11) is 0. The van der Waals surface area contributed by atoms with E-state index in [0.29, 0.717) is 17.1 Å². The first-order valence-electron chi connectivity index (χ1n) is 5.95. The van der Waals surface area contributed by atoms with Crippen LogP contribution < -0.4 is 5.32 Å². The fraction of sp³-hybridized carbons (Fsp3) is 0.200. The molecule has 4 heteroatoms. The van der Waals surface area contributed by atoms with Crippen molar-refractivity contribution in [2.24, 2.45) is 0 Å². The van der Waals surface area contributed by atoms with Gasteiger partial charge in [-0.1, -0.05) is 11.6 Å². The highest BCUT2D eigenvalue weighted by molar-refractivity contribution is 6.30. The zero-order valence-electron chi connectivity index (χ0n) is 10.8. The highest BCUT2D eigenvalue weighted by Crippen LogP contribution is 2.25. The summed E-state index contributed by atoms with van der Waals surface area (Å²) in [5.74, 6) is -0.0259. The Bertz CT molecular complexity index is 613. The van der Waals surface area contributed by atoms with Crippen molar-refractivity contribution < 1.29 is 9.50 Å². The maximum absolute atomic E-state index is 13.6. The van der Waals surface area contributed by atoms with Crippen molar-refractivity contribution in [1.82, 2.24) is 0 Å². The summed E-state index contributed by atoms with van der Waals surface area (Å²) in [6.07, 6.45) is 0. The molecular weight excluding hydrogens is 265 g/mol. The average molecular weight is 280 g/mol. The number of rotatable bonds is 3. The number of hydrogen-bond donors (Lipinski definition) is 2. The van der Waals surface area contributed by atoms with Crippen molar-refractivity contribution in [3.63, 3.8) is 0 Å². The Morgan fingerprint density at radius 2 is 1.89 bits per heavy atom. The van der Waals surface area contributed by atoms with Gasteiger partial charge in [-0.25, -0.2) is 4.39 Å². The van der Waals surface area contributed by atoms with Crippen LogP contribution in [0.4, 0.5) is 10.1 Å². The number of aryl methyl sites for hydroxylation is 2. The second-order valence-electron chi connectivity index (χ2n) is 4.54. The highest BCUT2D eigenvalue weighted by atomic mass is 35.5. The van der Waals surface area contributed by atoms with Crippen molar-refractivity contribution in [3.05, 3.63) is 57.9 Å². The van der Waals surface area contributed by atoms with Gasteiger partial charge >= 0.3 is 0 Å². The summed E-state index contributed by atoms with van der Waals surface area (Å²) < 4.78 is 13.6. The Labute approximate surface area is 116 Å². The number of anilines is 1. The molecule has 0 radical (unpaired) electrons. The molecule has 0 unspecified atom stereocenters. The topological polar surface area (TPSA) is 32.3 Å². The lowest BCUT2D eigenvalue weighted by atomic mass is 10.1. The molecule has 2 nitrogen and oxygen atoms in total. The lowest BCUT2D eigenvalue weighted by molar-refractivity contribution is 0.471. The normalized spacial score (nSPS) is 10.5. The van der Waals surface area contributed by atoms with Gasteiger partial charge in [0.05, 0.1) is 0 Å².